The lowest BCUT2D eigenvalue weighted by molar-refractivity contribution is 0.871. The van der Waals surface area contributed by atoms with Gasteiger partial charge in [-0.3, -0.25) is 0 Å². The van der Waals surface area contributed by atoms with E-state index in [2.05, 4.69) is 21.4 Å². The van der Waals surface area contributed by atoms with Gasteiger partial charge in [0.25, 0.3) is 0 Å². The van der Waals surface area contributed by atoms with Crippen molar-refractivity contribution in [1.82, 2.24) is 14.9 Å². The van der Waals surface area contributed by atoms with Gasteiger partial charge in [0.15, 0.2) is 5.82 Å². The molecular formula is C18H15ClN4S. The van der Waals surface area contributed by atoms with Gasteiger partial charge in [-0.2, -0.15) is 14.9 Å². The number of rotatable bonds is 4. The molecule has 0 aliphatic rings. The lowest BCUT2D eigenvalue weighted by atomic mass is 10.1. The Morgan fingerprint density at radius 1 is 1.17 bits per heavy atom. The molecule has 120 valence electrons. The zero-order valence-electron chi connectivity index (χ0n) is 13.0. The van der Waals surface area contributed by atoms with Crippen LogP contribution in [-0.2, 0) is 0 Å². The Morgan fingerprint density at radius 2 is 1.88 bits per heavy atom. The normalized spacial score (nSPS) is 12.0. The first kappa shape index (κ1) is 16.4. The summed E-state index contributed by atoms with van der Waals surface area (Å²) >= 11 is 11.2. The molecule has 6 heteroatoms. The average Bonchev–Trinajstić information content (AvgIpc) is 2.95. The van der Waals surface area contributed by atoms with Gasteiger partial charge in [-0.15, -0.1) is 0 Å². The number of aromatic nitrogens is 3. The van der Waals surface area contributed by atoms with Crippen LogP contribution in [0.2, 0.25) is 5.02 Å². The van der Waals surface area contributed by atoms with Crippen LogP contribution in [0, 0.1) is 4.77 Å². The topological polar surface area (TPSA) is 46.0 Å². The molecular weight excluding hydrogens is 340 g/mol. The zero-order chi connectivity index (χ0) is 16.9. The maximum atomic E-state index is 5.93. The van der Waals surface area contributed by atoms with Crippen LogP contribution in [0.5, 0.6) is 0 Å². The first-order chi connectivity index (χ1) is 11.6. The average molecular weight is 355 g/mol. The van der Waals surface area contributed by atoms with Crippen molar-refractivity contribution < 1.29 is 0 Å². The van der Waals surface area contributed by atoms with Crippen LogP contribution in [-0.4, -0.2) is 21.1 Å². The number of nitrogens with one attached hydrogen (secondary N) is 1. The van der Waals surface area contributed by atoms with E-state index in [-0.39, 0.29) is 0 Å². The van der Waals surface area contributed by atoms with Gasteiger partial charge in [0.2, 0.25) is 4.77 Å². The van der Waals surface area contributed by atoms with Gasteiger partial charge in [-0.05, 0) is 54.5 Å². The molecule has 0 spiro atoms. The summed E-state index contributed by atoms with van der Waals surface area (Å²) in [7, 11) is 0. The minimum atomic E-state index is 0.434. The molecule has 1 heterocycles. The van der Waals surface area contributed by atoms with Crippen molar-refractivity contribution in [1.29, 1.82) is 0 Å². The molecule has 0 atom stereocenters. The summed E-state index contributed by atoms with van der Waals surface area (Å²) in [6.07, 6.45) is 3.81. The molecule has 0 unspecified atom stereocenters. The molecule has 0 saturated heterocycles. The summed E-state index contributed by atoms with van der Waals surface area (Å²) in [5.74, 6) is 0.639. The van der Waals surface area contributed by atoms with E-state index in [1.165, 1.54) is 0 Å². The number of halogens is 1. The van der Waals surface area contributed by atoms with Gasteiger partial charge in [-0.1, -0.05) is 48.0 Å². The third-order valence-corrected chi connectivity index (χ3v) is 3.84. The van der Waals surface area contributed by atoms with Crippen molar-refractivity contribution in [2.45, 2.75) is 6.92 Å². The highest BCUT2D eigenvalue weighted by Crippen LogP contribution is 2.19. The van der Waals surface area contributed by atoms with E-state index >= 15 is 0 Å². The second kappa shape index (κ2) is 7.38. The van der Waals surface area contributed by atoms with Gasteiger partial charge in [-0.25, -0.2) is 5.10 Å². The van der Waals surface area contributed by atoms with Crippen molar-refractivity contribution in [3.63, 3.8) is 0 Å². The number of hydrogen-bond acceptors (Lipinski definition) is 3. The van der Waals surface area contributed by atoms with E-state index < -0.39 is 0 Å². The molecule has 0 aliphatic carbocycles. The van der Waals surface area contributed by atoms with Gasteiger partial charge in [0, 0.05) is 10.6 Å². The molecule has 0 aliphatic heterocycles. The van der Waals surface area contributed by atoms with E-state index in [0.717, 1.165) is 16.7 Å². The van der Waals surface area contributed by atoms with Gasteiger partial charge >= 0.3 is 0 Å². The highest BCUT2D eigenvalue weighted by atomic mass is 35.5. The molecule has 1 N–H and O–H groups in total. The zero-order valence-corrected chi connectivity index (χ0v) is 14.6. The Kier molecular flexibility index (Phi) is 5.03. The van der Waals surface area contributed by atoms with E-state index in [1.54, 1.807) is 10.9 Å². The number of H-pyrrole nitrogens is 1. The van der Waals surface area contributed by atoms with Gasteiger partial charge in [0.05, 0.1) is 6.21 Å². The second-order valence-electron chi connectivity index (χ2n) is 5.21. The highest BCUT2D eigenvalue weighted by Gasteiger charge is 2.07. The maximum Gasteiger partial charge on any atom is 0.216 e. The largest absolute Gasteiger partial charge is 0.250 e. The monoisotopic (exact) mass is 354 g/mol. The van der Waals surface area contributed by atoms with Crippen molar-refractivity contribution in [2.24, 2.45) is 5.10 Å². The Labute approximate surface area is 150 Å². The molecule has 1 aromatic heterocycles. The number of nitrogens with zero attached hydrogens (tertiary/aromatic N) is 3. The molecule has 3 aromatic rings. The first-order valence-electron chi connectivity index (χ1n) is 7.34. The van der Waals surface area contributed by atoms with Crippen LogP contribution in [0.4, 0.5) is 0 Å². The smallest absolute Gasteiger partial charge is 0.216 e. The molecule has 0 fully saturated rings. The van der Waals surface area contributed by atoms with E-state index in [1.807, 2.05) is 61.5 Å². The van der Waals surface area contributed by atoms with Crippen molar-refractivity contribution >= 4 is 36.1 Å². The molecule has 3 rings (SSSR count). The summed E-state index contributed by atoms with van der Waals surface area (Å²) in [4.78, 5) is 0. The Bertz CT molecular complexity index is 937. The number of allylic oxidation sites excluding steroid dienone is 1. The van der Waals surface area contributed by atoms with Crippen LogP contribution >= 0.6 is 23.8 Å². The van der Waals surface area contributed by atoms with Gasteiger partial charge in [0.1, 0.15) is 0 Å². The van der Waals surface area contributed by atoms with Crippen LogP contribution in [0.25, 0.3) is 17.5 Å². The Morgan fingerprint density at radius 3 is 2.58 bits per heavy atom. The SMILES string of the molecule is CC(/C=N\n1c(-c2ccc(Cl)cc2)n[nH]c1=S)=C/c1ccccc1. The first-order valence-corrected chi connectivity index (χ1v) is 8.13. The molecule has 4 nitrogen and oxygen atoms in total. The lowest BCUT2D eigenvalue weighted by Crippen LogP contribution is -1.94. The van der Waals surface area contributed by atoms with E-state index in [4.69, 9.17) is 23.8 Å². The minimum absolute atomic E-state index is 0.434. The highest BCUT2D eigenvalue weighted by molar-refractivity contribution is 7.71. The number of benzene rings is 2. The van der Waals surface area contributed by atoms with Crippen molar-refractivity contribution in [3.8, 4) is 11.4 Å². The number of aromatic amines is 1. The maximum absolute atomic E-state index is 5.93. The molecule has 0 bridgehead atoms. The predicted octanol–water partition coefficient (Wildman–Crippen LogP) is 5.20. The summed E-state index contributed by atoms with van der Waals surface area (Å²) in [5, 5.41) is 12.1. The van der Waals surface area contributed by atoms with E-state index in [0.29, 0.717) is 15.6 Å². The Hall–Kier alpha value is -2.50. The van der Waals surface area contributed by atoms with Crippen LogP contribution in [0.15, 0.2) is 65.3 Å². The van der Waals surface area contributed by atoms with Crippen LogP contribution in [0.1, 0.15) is 12.5 Å². The molecule has 0 radical (unpaired) electrons. The second-order valence-corrected chi connectivity index (χ2v) is 6.04. The fraction of sp³-hybridized carbons (Fsp3) is 0.0556. The third-order valence-electron chi connectivity index (χ3n) is 3.32. The van der Waals surface area contributed by atoms with Crippen LogP contribution in [0.3, 0.4) is 0 Å². The third kappa shape index (κ3) is 3.88. The summed E-state index contributed by atoms with van der Waals surface area (Å²) in [5.41, 5.74) is 3.01. The lowest BCUT2D eigenvalue weighted by Gasteiger charge is -2.01. The van der Waals surface area contributed by atoms with Gasteiger partial charge < -0.3 is 0 Å². The molecule has 0 amide bonds. The fourth-order valence-corrected chi connectivity index (χ4v) is 2.49. The quantitative estimate of drug-likeness (QED) is 0.517. The van der Waals surface area contributed by atoms with E-state index in [9.17, 15) is 0 Å². The Balaban J connectivity index is 1.90. The predicted molar refractivity (Wildman–Crippen MR) is 102 cm³/mol. The fourth-order valence-electron chi connectivity index (χ4n) is 2.18. The van der Waals surface area contributed by atoms with Crippen molar-refractivity contribution in [3.05, 3.63) is 75.5 Å². The summed E-state index contributed by atoms with van der Waals surface area (Å²) in [6, 6.07) is 17.5. The molecule has 0 saturated carbocycles. The standard InChI is InChI=1S/C18H15ClN4S/c1-13(11-14-5-3-2-4-6-14)12-20-23-17(21-22-18(23)24)15-7-9-16(19)10-8-15/h2-12H,1H3,(H,22,24)/b13-11-,20-12-. The minimum Gasteiger partial charge on any atom is -0.250 e. The summed E-state index contributed by atoms with van der Waals surface area (Å²) in [6.45, 7) is 1.99. The van der Waals surface area contributed by atoms with Crippen molar-refractivity contribution in [2.75, 3.05) is 0 Å². The number of hydrogen-bond donors (Lipinski definition) is 1. The molecule has 2 aromatic carbocycles. The molecule has 24 heavy (non-hydrogen) atoms. The van der Waals surface area contributed by atoms with Crippen LogP contribution < -0.4 is 0 Å². The summed E-state index contributed by atoms with van der Waals surface area (Å²) < 4.78 is 2.03.